The van der Waals surface area contributed by atoms with Crippen LogP contribution in [0.3, 0.4) is 0 Å². The molecule has 17 heavy (non-hydrogen) atoms. The summed E-state index contributed by atoms with van der Waals surface area (Å²) in [4.78, 5) is 22.9. The van der Waals surface area contributed by atoms with E-state index in [4.69, 9.17) is 5.11 Å². The minimum Gasteiger partial charge on any atom is -0.477 e. The molecule has 5 nitrogen and oxygen atoms in total. The molecule has 88 valence electrons. The first-order chi connectivity index (χ1) is 8.02. The standard InChI is InChI=1S/C12H12N2O3/c1-13(2)14-9-6-4-3-5-8(9)11(15)7-10(14)12(16)17/h3-7H,1-2H3,(H,16,17). The maximum Gasteiger partial charge on any atom is 0.354 e. The van der Waals surface area contributed by atoms with Crippen molar-refractivity contribution in [2.75, 3.05) is 19.1 Å². The summed E-state index contributed by atoms with van der Waals surface area (Å²) in [6.45, 7) is 0. The Bertz CT molecular complexity index is 644. The molecule has 0 atom stereocenters. The first kappa shape index (κ1) is 11.2. The lowest BCUT2D eigenvalue weighted by molar-refractivity contribution is 0.0685. The van der Waals surface area contributed by atoms with Crippen LogP contribution in [0.2, 0.25) is 0 Å². The molecule has 0 aliphatic heterocycles. The summed E-state index contributed by atoms with van der Waals surface area (Å²) in [6.07, 6.45) is 0. The molecule has 2 rings (SSSR count). The van der Waals surface area contributed by atoms with Crippen LogP contribution in [0.15, 0.2) is 35.1 Å². The first-order valence-electron chi connectivity index (χ1n) is 5.08. The number of carboxylic acid groups (broad SMARTS) is 1. The summed E-state index contributed by atoms with van der Waals surface area (Å²) in [7, 11) is 3.45. The Morgan fingerprint density at radius 3 is 2.53 bits per heavy atom. The third kappa shape index (κ3) is 1.75. The largest absolute Gasteiger partial charge is 0.477 e. The summed E-state index contributed by atoms with van der Waals surface area (Å²) in [5.41, 5.74) is 0.261. The van der Waals surface area contributed by atoms with E-state index in [2.05, 4.69) is 0 Å². The van der Waals surface area contributed by atoms with Crippen LogP contribution in [0.5, 0.6) is 0 Å². The molecule has 0 aliphatic rings. The zero-order valence-electron chi connectivity index (χ0n) is 9.54. The smallest absolute Gasteiger partial charge is 0.354 e. The van der Waals surface area contributed by atoms with Crippen molar-refractivity contribution in [3.05, 3.63) is 46.2 Å². The number of para-hydroxylation sites is 1. The Hall–Kier alpha value is -2.30. The molecule has 0 saturated carbocycles. The maximum absolute atomic E-state index is 11.8. The third-order valence-electron chi connectivity index (χ3n) is 2.51. The van der Waals surface area contributed by atoms with Crippen LogP contribution >= 0.6 is 0 Å². The molecule has 0 spiro atoms. The van der Waals surface area contributed by atoms with Gasteiger partial charge in [-0.3, -0.25) is 9.47 Å². The number of carboxylic acids is 1. The second kappa shape index (κ2) is 3.93. The minimum absolute atomic E-state index is 0.0429. The number of carbonyl (C=O) groups is 1. The summed E-state index contributed by atoms with van der Waals surface area (Å²) < 4.78 is 1.50. The van der Waals surface area contributed by atoms with Crippen LogP contribution in [0.25, 0.3) is 10.9 Å². The molecule has 0 fully saturated rings. The molecule has 2 aromatic rings. The zero-order chi connectivity index (χ0) is 12.6. The van der Waals surface area contributed by atoms with Gasteiger partial charge in [-0.15, -0.1) is 0 Å². The molecular formula is C12H12N2O3. The van der Waals surface area contributed by atoms with Gasteiger partial charge < -0.3 is 10.1 Å². The Kier molecular flexibility index (Phi) is 2.59. The lowest BCUT2D eigenvalue weighted by Gasteiger charge is -2.21. The molecule has 0 amide bonds. The molecule has 0 aliphatic carbocycles. The molecule has 1 heterocycles. The van der Waals surface area contributed by atoms with Crippen LogP contribution < -0.4 is 10.4 Å². The van der Waals surface area contributed by atoms with Crippen LogP contribution in [0, 0.1) is 0 Å². The minimum atomic E-state index is -1.12. The first-order valence-corrected chi connectivity index (χ1v) is 5.08. The number of fused-ring (bicyclic) bond motifs is 1. The van der Waals surface area contributed by atoms with Crippen LogP contribution in [0.4, 0.5) is 0 Å². The summed E-state index contributed by atoms with van der Waals surface area (Å²) in [5.74, 6) is -1.12. The maximum atomic E-state index is 11.8. The van der Waals surface area contributed by atoms with E-state index in [1.54, 1.807) is 43.4 Å². The number of hydrogen-bond acceptors (Lipinski definition) is 3. The van der Waals surface area contributed by atoms with E-state index >= 15 is 0 Å². The highest BCUT2D eigenvalue weighted by Crippen LogP contribution is 2.12. The normalized spacial score (nSPS) is 10.5. The van der Waals surface area contributed by atoms with Gasteiger partial charge in [0, 0.05) is 25.5 Å². The number of aromatic carboxylic acids is 1. The van der Waals surface area contributed by atoms with Crippen molar-refractivity contribution in [1.82, 2.24) is 4.68 Å². The van der Waals surface area contributed by atoms with E-state index < -0.39 is 5.97 Å². The van der Waals surface area contributed by atoms with Crippen molar-refractivity contribution < 1.29 is 9.90 Å². The van der Waals surface area contributed by atoms with Crippen LogP contribution in [-0.4, -0.2) is 29.8 Å². The predicted octanol–water partition coefficient (Wildman–Crippen LogP) is 0.897. The van der Waals surface area contributed by atoms with Crippen molar-refractivity contribution >= 4 is 16.9 Å². The highest BCUT2D eigenvalue weighted by atomic mass is 16.4. The second-order valence-electron chi connectivity index (χ2n) is 3.88. The van der Waals surface area contributed by atoms with Crippen LogP contribution in [-0.2, 0) is 0 Å². The fourth-order valence-electron chi connectivity index (χ4n) is 1.84. The monoisotopic (exact) mass is 232 g/mol. The lowest BCUT2D eigenvalue weighted by atomic mass is 10.2. The second-order valence-corrected chi connectivity index (χ2v) is 3.88. The van der Waals surface area contributed by atoms with Crippen molar-refractivity contribution in [3.63, 3.8) is 0 Å². The average molecular weight is 232 g/mol. The van der Waals surface area contributed by atoms with E-state index in [0.29, 0.717) is 10.9 Å². The molecule has 1 aromatic heterocycles. The van der Waals surface area contributed by atoms with Gasteiger partial charge in [0.2, 0.25) is 0 Å². The lowest BCUT2D eigenvalue weighted by Crippen LogP contribution is -2.32. The molecular weight excluding hydrogens is 220 g/mol. The average Bonchev–Trinajstić information content (AvgIpc) is 2.28. The van der Waals surface area contributed by atoms with Gasteiger partial charge in [0.15, 0.2) is 11.1 Å². The van der Waals surface area contributed by atoms with Gasteiger partial charge in [-0.1, -0.05) is 12.1 Å². The predicted molar refractivity (Wildman–Crippen MR) is 65.2 cm³/mol. The van der Waals surface area contributed by atoms with Gasteiger partial charge >= 0.3 is 5.97 Å². The van der Waals surface area contributed by atoms with Crippen LogP contribution in [0.1, 0.15) is 10.5 Å². The van der Waals surface area contributed by atoms with Gasteiger partial charge in [-0.25, -0.2) is 4.79 Å². The fourth-order valence-corrected chi connectivity index (χ4v) is 1.84. The molecule has 0 radical (unpaired) electrons. The SMILES string of the molecule is CN(C)n1c(C(=O)O)cc(=O)c2ccccc21. The van der Waals surface area contributed by atoms with Gasteiger partial charge in [0.05, 0.1) is 5.52 Å². The summed E-state index contributed by atoms with van der Waals surface area (Å²) in [6, 6.07) is 8.08. The Morgan fingerprint density at radius 1 is 1.29 bits per heavy atom. The van der Waals surface area contributed by atoms with Gasteiger partial charge in [-0.05, 0) is 12.1 Å². The number of hydrogen-bond donors (Lipinski definition) is 1. The third-order valence-corrected chi connectivity index (χ3v) is 2.51. The molecule has 5 heteroatoms. The fraction of sp³-hybridized carbons (Fsp3) is 0.167. The highest BCUT2D eigenvalue weighted by molar-refractivity contribution is 5.90. The van der Waals surface area contributed by atoms with Gasteiger partial charge in [0.25, 0.3) is 0 Å². The number of benzene rings is 1. The van der Waals surface area contributed by atoms with E-state index in [0.717, 1.165) is 6.07 Å². The van der Waals surface area contributed by atoms with Crippen molar-refractivity contribution in [2.45, 2.75) is 0 Å². The molecule has 0 saturated heterocycles. The van der Waals surface area contributed by atoms with E-state index in [-0.39, 0.29) is 11.1 Å². The van der Waals surface area contributed by atoms with Gasteiger partial charge in [-0.2, -0.15) is 0 Å². The van der Waals surface area contributed by atoms with Crippen molar-refractivity contribution in [2.24, 2.45) is 0 Å². The molecule has 0 bridgehead atoms. The summed E-state index contributed by atoms with van der Waals surface area (Å²) in [5, 5.41) is 11.2. The topological polar surface area (TPSA) is 62.5 Å². The molecule has 0 unspecified atom stereocenters. The zero-order valence-corrected chi connectivity index (χ0v) is 9.54. The number of rotatable bonds is 2. The number of nitrogens with zero attached hydrogens (tertiary/aromatic N) is 2. The van der Waals surface area contributed by atoms with Crippen molar-refractivity contribution in [3.8, 4) is 0 Å². The van der Waals surface area contributed by atoms with Crippen molar-refractivity contribution in [1.29, 1.82) is 0 Å². The number of aromatic nitrogens is 1. The van der Waals surface area contributed by atoms with Gasteiger partial charge in [0.1, 0.15) is 0 Å². The Balaban J connectivity index is 2.98. The summed E-state index contributed by atoms with van der Waals surface area (Å²) >= 11 is 0. The van der Waals surface area contributed by atoms with E-state index in [1.807, 2.05) is 0 Å². The molecule has 1 aromatic carbocycles. The van der Waals surface area contributed by atoms with E-state index in [1.165, 1.54) is 4.68 Å². The quantitative estimate of drug-likeness (QED) is 0.835. The highest BCUT2D eigenvalue weighted by Gasteiger charge is 2.15. The Labute approximate surface area is 97.5 Å². The van der Waals surface area contributed by atoms with E-state index in [9.17, 15) is 9.59 Å². The molecule has 1 N–H and O–H groups in total. The number of pyridine rings is 1. The Morgan fingerprint density at radius 2 is 1.94 bits per heavy atom.